The molecule has 30 heavy (non-hydrogen) atoms. The number of sulfonamides is 1. The molecule has 0 saturated heterocycles. The van der Waals surface area contributed by atoms with E-state index in [0.717, 1.165) is 10.0 Å². The standard InChI is InChI=1S/C21H21BrN2O5S/c1-24(14-16-12-17(22)7-10-20(16)28-2)21(25)15-5-8-19(9-6-15)30(26,27)23-13-18-4-3-11-29-18/h3-12,23H,13-14H2,1-2H3. The van der Waals surface area contributed by atoms with E-state index in [-0.39, 0.29) is 17.3 Å². The minimum absolute atomic E-state index is 0.0488. The monoisotopic (exact) mass is 492 g/mol. The highest BCUT2D eigenvalue weighted by Gasteiger charge is 2.18. The van der Waals surface area contributed by atoms with Crippen molar-refractivity contribution < 1.29 is 22.4 Å². The lowest BCUT2D eigenvalue weighted by Crippen LogP contribution is -2.27. The van der Waals surface area contributed by atoms with Gasteiger partial charge in [-0.3, -0.25) is 4.79 Å². The third-order valence-corrected chi connectivity index (χ3v) is 6.34. The molecule has 0 aliphatic carbocycles. The van der Waals surface area contributed by atoms with E-state index in [0.29, 0.717) is 23.6 Å². The molecule has 2 aromatic carbocycles. The van der Waals surface area contributed by atoms with Gasteiger partial charge in [0, 0.05) is 29.2 Å². The van der Waals surface area contributed by atoms with Crippen LogP contribution in [0.2, 0.25) is 0 Å². The number of amides is 1. The van der Waals surface area contributed by atoms with Crippen LogP contribution >= 0.6 is 15.9 Å². The summed E-state index contributed by atoms with van der Waals surface area (Å²) in [6.45, 7) is 0.388. The highest BCUT2D eigenvalue weighted by atomic mass is 79.9. The third-order valence-electron chi connectivity index (χ3n) is 4.42. The topological polar surface area (TPSA) is 88.8 Å². The average Bonchev–Trinajstić information content (AvgIpc) is 3.26. The summed E-state index contributed by atoms with van der Waals surface area (Å²) in [5.74, 6) is 0.960. The summed E-state index contributed by atoms with van der Waals surface area (Å²) in [6, 6.07) is 14.8. The Labute approximate surface area is 183 Å². The Hall–Kier alpha value is -2.62. The van der Waals surface area contributed by atoms with Crippen molar-refractivity contribution in [3.05, 3.63) is 82.2 Å². The molecule has 0 fully saturated rings. The summed E-state index contributed by atoms with van der Waals surface area (Å²) < 4.78 is 38.7. The van der Waals surface area contributed by atoms with Crippen molar-refractivity contribution in [3.63, 3.8) is 0 Å². The van der Waals surface area contributed by atoms with Gasteiger partial charge in [-0.25, -0.2) is 13.1 Å². The summed E-state index contributed by atoms with van der Waals surface area (Å²) in [7, 11) is -0.462. The number of rotatable bonds is 8. The number of carbonyl (C=O) groups is 1. The van der Waals surface area contributed by atoms with Crippen LogP contribution in [0.3, 0.4) is 0 Å². The Morgan fingerprint density at radius 1 is 1.17 bits per heavy atom. The molecule has 0 spiro atoms. The molecule has 0 atom stereocenters. The van der Waals surface area contributed by atoms with E-state index in [2.05, 4.69) is 20.7 Å². The van der Waals surface area contributed by atoms with Crippen molar-refractivity contribution in [2.75, 3.05) is 14.2 Å². The lowest BCUT2D eigenvalue weighted by atomic mass is 10.1. The molecule has 0 aliphatic rings. The maximum absolute atomic E-state index is 12.8. The summed E-state index contributed by atoms with van der Waals surface area (Å²) in [6.07, 6.45) is 1.48. The molecule has 0 bridgehead atoms. The predicted octanol–water partition coefficient (Wildman–Crippen LogP) is 3.80. The van der Waals surface area contributed by atoms with Gasteiger partial charge in [-0.2, -0.15) is 0 Å². The van der Waals surface area contributed by atoms with E-state index in [1.165, 1.54) is 30.5 Å². The second-order valence-electron chi connectivity index (χ2n) is 6.55. The highest BCUT2D eigenvalue weighted by Crippen LogP contribution is 2.24. The Kier molecular flexibility index (Phi) is 6.96. The molecule has 0 radical (unpaired) electrons. The Bertz CT molecular complexity index is 1110. The number of nitrogens with one attached hydrogen (secondary N) is 1. The molecule has 1 heterocycles. The average molecular weight is 493 g/mol. The van der Waals surface area contributed by atoms with Gasteiger partial charge >= 0.3 is 0 Å². The van der Waals surface area contributed by atoms with Crippen molar-refractivity contribution in [1.29, 1.82) is 0 Å². The molecule has 9 heteroatoms. The van der Waals surface area contributed by atoms with Gasteiger partial charge in [-0.1, -0.05) is 15.9 Å². The van der Waals surface area contributed by atoms with Gasteiger partial charge < -0.3 is 14.1 Å². The smallest absolute Gasteiger partial charge is 0.253 e. The first-order valence-corrected chi connectivity index (χ1v) is 11.3. The summed E-state index contributed by atoms with van der Waals surface area (Å²) in [4.78, 5) is 14.4. The minimum Gasteiger partial charge on any atom is -0.496 e. The number of hydrogen-bond acceptors (Lipinski definition) is 5. The molecular weight excluding hydrogens is 472 g/mol. The fourth-order valence-electron chi connectivity index (χ4n) is 2.86. The maximum atomic E-state index is 12.8. The maximum Gasteiger partial charge on any atom is 0.253 e. The van der Waals surface area contributed by atoms with Crippen LogP contribution in [-0.2, 0) is 23.1 Å². The second kappa shape index (κ2) is 9.46. The van der Waals surface area contributed by atoms with Crippen LogP contribution in [0, 0.1) is 0 Å². The highest BCUT2D eigenvalue weighted by molar-refractivity contribution is 9.10. The number of carbonyl (C=O) groups excluding carboxylic acids is 1. The Balaban J connectivity index is 1.69. The lowest BCUT2D eigenvalue weighted by molar-refractivity contribution is 0.0784. The van der Waals surface area contributed by atoms with E-state index in [9.17, 15) is 13.2 Å². The van der Waals surface area contributed by atoms with Gasteiger partial charge in [0.2, 0.25) is 10.0 Å². The number of nitrogens with zero attached hydrogens (tertiary/aromatic N) is 1. The number of halogens is 1. The summed E-state index contributed by atoms with van der Waals surface area (Å²) in [5.41, 5.74) is 1.24. The van der Waals surface area contributed by atoms with Gasteiger partial charge in [0.15, 0.2) is 0 Å². The van der Waals surface area contributed by atoms with Crippen molar-refractivity contribution in [2.24, 2.45) is 0 Å². The lowest BCUT2D eigenvalue weighted by Gasteiger charge is -2.19. The van der Waals surface area contributed by atoms with Crippen LogP contribution < -0.4 is 9.46 Å². The van der Waals surface area contributed by atoms with Gasteiger partial charge in [0.25, 0.3) is 5.91 Å². The van der Waals surface area contributed by atoms with E-state index < -0.39 is 10.0 Å². The SMILES string of the molecule is COc1ccc(Br)cc1CN(C)C(=O)c1ccc(S(=O)(=O)NCc2ccco2)cc1. The van der Waals surface area contributed by atoms with Crippen molar-refractivity contribution in [2.45, 2.75) is 18.0 Å². The third kappa shape index (κ3) is 5.29. The predicted molar refractivity (Wildman–Crippen MR) is 116 cm³/mol. The number of furan rings is 1. The molecule has 0 saturated carbocycles. The zero-order valence-corrected chi connectivity index (χ0v) is 18.9. The van der Waals surface area contributed by atoms with Gasteiger partial charge in [-0.05, 0) is 54.6 Å². The largest absolute Gasteiger partial charge is 0.496 e. The first kappa shape index (κ1) is 22.1. The zero-order valence-electron chi connectivity index (χ0n) is 16.5. The number of hydrogen-bond donors (Lipinski definition) is 1. The fraction of sp³-hybridized carbons (Fsp3) is 0.190. The molecule has 158 valence electrons. The molecule has 1 N–H and O–H groups in total. The Morgan fingerprint density at radius 3 is 2.53 bits per heavy atom. The minimum atomic E-state index is -3.72. The molecule has 7 nitrogen and oxygen atoms in total. The molecule has 3 aromatic rings. The quantitative estimate of drug-likeness (QED) is 0.516. The van der Waals surface area contributed by atoms with Crippen LogP contribution in [0.5, 0.6) is 5.75 Å². The van der Waals surface area contributed by atoms with Crippen LogP contribution in [-0.4, -0.2) is 33.4 Å². The van der Waals surface area contributed by atoms with Crippen molar-refractivity contribution in [1.82, 2.24) is 9.62 Å². The molecular formula is C21H21BrN2O5S. The van der Waals surface area contributed by atoms with Crippen LogP contribution in [0.25, 0.3) is 0 Å². The molecule has 3 rings (SSSR count). The van der Waals surface area contributed by atoms with Crippen molar-refractivity contribution in [3.8, 4) is 5.75 Å². The van der Waals surface area contributed by atoms with E-state index >= 15 is 0 Å². The van der Waals surface area contributed by atoms with Gasteiger partial charge in [-0.15, -0.1) is 0 Å². The molecule has 0 unspecified atom stereocenters. The van der Waals surface area contributed by atoms with E-state index in [4.69, 9.17) is 9.15 Å². The van der Waals surface area contributed by atoms with Crippen LogP contribution in [0.15, 0.2) is 74.6 Å². The summed E-state index contributed by atoms with van der Waals surface area (Å²) >= 11 is 3.42. The zero-order chi connectivity index (χ0) is 21.7. The van der Waals surface area contributed by atoms with Gasteiger partial charge in [0.05, 0.1) is 24.8 Å². The first-order valence-electron chi connectivity index (χ1n) is 9.00. The Morgan fingerprint density at radius 2 is 1.90 bits per heavy atom. The van der Waals surface area contributed by atoms with Gasteiger partial charge in [0.1, 0.15) is 11.5 Å². The van der Waals surface area contributed by atoms with E-state index in [1.54, 1.807) is 31.2 Å². The summed E-state index contributed by atoms with van der Waals surface area (Å²) in [5, 5.41) is 0. The van der Waals surface area contributed by atoms with Crippen LogP contribution in [0.1, 0.15) is 21.7 Å². The van der Waals surface area contributed by atoms with Crippen LogP contribution in [0.4, 0.5) is 0 Å². The number of benzene rings is 2. The number of ether oxygens (including phenoxy) is 1. The number of methoxy groups -OCH3 is 1. The molecule has 1 amide bonds. The van der Waals surface area contributed by atoms with E-state index in [1.807, 2.05) is 18.2 Å². The first-order chi connectivity index (χ1) is 14.3. The van der Waals surface area contributed by atoms with Crippen molar-refractivity contribution >= 4 is 31.9 Å². The molecule has 0 aliphatic heterocycles. The normalized spacial score (nSPS) is 11.3. The fourth-order valence-corrected chi connectivity index (χ4v) is 4.26. The molecule has 1 aromatic heterocycles. The second-order valence-corrected chi connectivity index (χ2v) is 9.23.